The minimum Gasteiger partial charge on any atom is -0.480 e. The number of rotatable bonds is 4. The molecule has 0 bridgehead atoms. The van der Waals surface area contributed by atoms with Gasteiger partial charge in [-0.15, -0.1) is 0 Å². The van der Waals surface area contributed by atoms with Crippen LogP contribution in [0.1, 0.15) is 39.0 Å². The van der Waals surface area contributed by atoms with Gasteiger partial charge < -0.3 is 20.5 Å². The molecular weight excluding hydrogens is 260 g/mol. The largest absolute Gasteiger partial charge is 0.480 e. The van der Waals surface area contributed by atoms with E-state index in [0.717, 1.165) is 19.3 Å². The van der Waals surface area contributed by atoms with E-state index in [0.29, 0.717) is 31.8 Å². The van der Waals surface area contributed by atoms with E-state index in [1.165, 1.54) is 4.90 Å². The van der Waals surface area contributed by atoms with Gasteiger partial charge in [0.2, 0.25) is 0 Å². The third kappa shape index (κ3) is 3.12. The third-order valence-electron chi connectivity index (χ3n) is 4.50. The number of ether oxygens (including phenoxy) is 1. The van der Waals surface area contributed by atoms with Crippen molar-refractivity contribution >= 4 is 11.9 Å². The standard InChI is InChI=1S/C14H24N2O4/c1-2-9-5-6-16(11(7-9)14(18)19)13(17)12-4-3-10(8-15)20-12/h9-12H,2-8,15H2,1H3,(H,18,19). The monoisotopic (exact) mass is 284 g/mol. The molecule has 0 spiro atoms. The first kappa shape index (κ1) is 15.3. The summed E-state index contributed by atoms with van der Waals surface area (Å²) in [6.07, 6.45) is 3.21. The van der Waals surface area contributed by atoms with Gasteiger partial charge in [-0.25, -0.2) is 4.79 Å². The summed E-state index contributed by atoms with van der Waals surface area (Å²) in [6, 6.07) is -0.707. The minimum atomic E-state index is -0.912. The summed E-state index contributed by atoms with van der Waals surface area (Å²) in [5.41, 5.74) is 5.54. The first-order valence-electron chi connectivity index (χ1n) is 7.45. The number of likely N-dealkylation sites (tertiary alicyclic amines) is 1. The van der Waals surface area contributed by atoms with Gasteiger partial charge in [0, 0.05) is 13.1 Å². The predicted octanol–water partition coefficient (Wildman–Crippen LogP) is 0.595. The number of nitrogens with two attached hydrogens (primary N) is 1. The zero-order valence-corrected chi connectivity index (χ0v) is 12.0. The summed E-state index contributed by atoms with van der Waals surface area (Å²) in [4.78, 5) is 25.4. The second-order valence-corrected chi connectivity index (χ2v) is 5.74. The number of hydrogen-bond donors (Lipinski definition) is 2. The third-order valence-corrected chi connectivity index (χ3v) is 4.50. The molecule has 2 rings (SSSR count). The van der Waals surface area contributed by atoms with E-state index in [4.69, 9.17) is 10.5 Å². The highest BCUT2D eigenvalue weighted by Gasteiger charge is 2.40. The molecule has 3 N–H and O–H groups in total. The van der Waals surface area contributed by atoms with E-state index in [1.807, 2.05) is 0 Å². The molecule has 0 radical (unpaired) electrons. The van der Waals surface area contributed by atoms with Crippen LogP contribution in [0.2, 0.25) is 0 Å². The molecule has 2 heterocycles. The Labute approximate surface area is 119 Å². The van der Waals surface area contributed by atoms with Crippen LogP contribution in [0.3, 0.4) is 0 Å². The Morgan fingerprint density at radius 1 is 1.35 bits per heavy atom. The summed E-state index contributed by atoms with van der Waals surface area (Å²) >= 11 is 0. The van der Waals surface area contributed by atoms with E-state index in [1.54, 1.807) is 0 Å². The normalized spacial score (nSPS) is 34.2. The molecule has 0 saturated carbocycles. The molecule has 0 aromatic heterocycles. The number of carboxylic acid groups (broad SMARTS) is 1. The van der Waals surface area contributed by atoms with Gasteiger partial charge in [-0.3, -0.25) is 4.79 Å². The van der Waals surface area contributed by atoms with Gasteiger partial charge in [0.1, 0.15) is 12.1 Å². The van der Waals surface area contributed by atoms with Crippen molar-refractivity contribution in [3.8, 4) is 0 Å². The van der Waals surface area contributed by atoms with Gasteiger partial charge in [-0.05, 0) is 31.6 Å². The van der Waals surface area contributed by atoms with Crippen LogP contribution in [-0.4, -0.2) is 53.2 Å². The van der Waals surface area contributed by atoms with Crippen molar-refractivity contribution in [1.29, 1.82) is 0 Å². The highest BCUT2D eigenvalue weighted by atomic mass is 16.5. The average Bonchev–Trinajstić information content (AvgIpc) is 2.94. The number of nitrogens with zero attached hydrogens (tertiary/aromatic N) is 1. The number of hydrogen-bond acceptors (Lipinski definition) is 4. The van der Waals surface area contributed by atoms with Crippen molar-refractivity contribution in [2.45, 2.75) is 57.3 Å². The van der Waals surface area contributed by atoms with E-state index in [9.17, 15) is 14.7 Å². The maximum atomic E-state index is 12.5. The molecule has 6 heteroatoms. The zero-order valence-electron chi connectivity index (χ0n) is 12.0. The molecule has 0 aliphatic carbocycles. The number of carbonyl (C=O) groups excluding carboxylic acids is 1. The maximum absolute atomic E-state index is 12.5. The van der Waals surface area contributed by atoms with Crippen LogP contribution in [0.5, 0.6) is 0 Å². The number of carbonyl (C=O) groups is 2. The number of carboxylic acids is 1. The molecule has 2 aliphatic rings. The molecule has 1 amide bonds. The predicted molar refractivity (Wildman–Crippen MR) is 73.1 cm³/mol. The van der Waals surface area contributed by atoms with Gasteiger partial charge in [0.15, 0.2) is 0 Å². The zero-order chi connectivity index (χ0) is 14.7. The van der Waals surface area contributed by atoms with Crippen molar-refractivity contribution in [3.05, 3.63) is 0 Å². The Bertz CT molecular complexity index is 374. The minimum absolute atomic E-state index is 0.0691. The van der Waals surface area contributed by atoms with Crippen LogP contribution >= 0.6 is 0 Å². The van der Waals surface area contributed by atoms with Crippen molar-refractivity contribution < 1.29 is 19.4 Å². The number of aliphatic carboxylic acids is 1. The molecule has 2 fully saturated rings. The smallest absolute Gasteiger partial charge is 0.326 e. The van der Waals surface area contributed by atoms with Gasteiger partial charge in [-0.1, -0.05) is 13.3 Å². The number of amides is 1. The molecule has 2 aliphatic heterocycles. The fourth-order valence-corrected chi connectivity index (χ4v) is 3.15. The quantitative estimate of drug-likeness (QED) is 0.788. The Balaban J connectivity index is 2.02. The molecule has 0 aromatic rings. The van der Waals surface area contributed by atoms with Gasteiger partial charge >= 0.3 is 5.97 Å². The Kier molecular flexibility index (Phi) is 4.99. The van der Waals surface area contributed by atoms with Crippen LogP contribution in [-0.2, 0) is 14.3 Å². The summed E-state index contributed by atoms with van der Waals surface area (Å²) in [7, 11) is 0. The lowest BCUT2D eigenvalue weighted by atomic mass is 9.88. The average molecular weight is 284 g/mol. The molecule has 114 valence electrons. The lowest BCUT2D eigenvalue weighted by molar-refractivity contribution is -0.158. The SMILES string of the molecule is CCC1CCN(C(=O)C2CCC(CN)O2)C(C(=O)O)C1. The summed E-state index contributed by atoms with van der Waals surface area (Å²) in [5.74, 6) is -0.700. The first-order valence-corrected chi connectivity index (χ1v) is 7.45. The molecule has 2 saturated heterocycles. The van der Waals surface area contributed by atoms with Crippen molar-refractivity contribution in [3.63, 3.8) is 0 Å². The van der Waals surface area contributed by atoms with E-state index >= 15 is 0 Å². The highest BCUT2D eigenvalue weighted by molar-refractivity contribution is 5.86. The molecule has 4 atom stereocenters. The molecule has 6 nitrogen and oxygen atoms in total. The van der Waals surface area contributed by atoms with Crippen LogP contribution in [0.15, 0.2) is 0 Å². The van der Waals surface area contributed by atoms with Crippen LogP contribution in [0.25, 0.3) is 0 Å². The van der Waals surface area contributed by atoms with E-state index in [-0.39, 0.29) is 12.0 Å². The summed E-state index contributed by atoms with van der Waals surface area (Å²) in [5, 5.41) is 9.36. The van der Waals surface area contributed by atoms with E-state index in [2.05, 4.69) is 6.92 Å². The van der Waals surface area contributed by atoms with Crippen LogP contribution in [0, 0.1) is 5.92 Å². The Hall–Kier alpha value is -1.14. The molecule has 0 aromatic carbocycles. The lowest BCUT2D eigenvalue weighted by Gasteiger charge is -2.38. The fraction of sp³-hybridized carbons (Fsp3) is 0.857. The molecule has 20 heavy (non-hydrogen) atoms. The van der Waals surface area contributed by atoms with Crippen molar-refractivity contribution in [2.75, 3.05) is 13.1 Å². The van der Waals surface area contributed by atoms with Crippen LogP contribution < -0.4 is 5.73 Å². The number of piperidine rings is 1. The topological polar surface area (TPSA) is 92.9 Å². The lowest BCUT2D eigenvalue weighted by Crippen LogP contribution is -2.53. The van der Waals surface area contributed by atoms with Gasteiger partial charge in [0.05, 0.1) is 6.10 Å². The highest BCUT2D eigenvalue weighted by Crippen LogP contribution is 2.28. The fourth-order valence-electron chi connectivity index (χ4n) is 3.15. The van der Waals surface area contributed by atoms with Crippen LogP contribution in [0.4, 0.5) is 0 Å². The molecular formula is C14H24N2O4. The maximum Gasteiger partial charge on any atom is 0.326 e. The Morgan fingerprint density at radius 3 is 2.65 bits per heavy atom. The van der Waals surface area contributed by atoms with Gasteiger partial charge in [-0.2, -0.15) is 0 Å². The summed E-state index contributed by atoms with van der Waals surface area (Å²) < 4.78 is 5.60. The van der Waals surface area contributed by atoms with Crippen molar-refractivity contribution in [2.24, 2.45) is 11.7 Å². The van der Waals surface area contributed by atoms with Crippen molar-refractivity contribution in [1.82, 2.24) is 4.90 Å². The first-order chi connectivity index (χ1) is 9.56. The Morgan fingerprint density at radius 2 is 2.10 bits per heavy atom. The second kappa shape index (κ2) is 6.54. The van der Waals surface area contributed by atoms with E-state index < -0.39 is 18.1 Å². The summed E-state index contributed by atoms with van der Waals surface area (Å²) in [6.45, 7) is 2.98. The second-order valence-electron chi connectivity index (χ2n) is 5.74. The van der Waals surface area contributed by atoms with Gasteiger partial charge in [0.25, 0.3) is 5.91 Å². The molecule has 4 unspecified atom stereocenters.